The van der Waals surface area contributed by atoms with Crippen LogP contribution in [0.2, 0.25) is 0 Å². The number of hydrogen-bond acceptors (Lipinski definition) is 3. The van der Waals surface area contributed by atoms with Crippen LogP contribution in [0.15, 0.2) is 34.9 Å². The number of benzene rings is 1. The van der Waals surface area contributed by atoms with Crippen LogP contribution in [0.1, 0.15) is 16.1 Å². The van der Waals surface area contributed by atoms with Gasteiger partial charge in [-0.3, -0.25) is 4.79 Å². The van der Waals surface area contributed by atoms with Gasteiger partial charge in [-0.1, -0.05) is 22.0 Å². The molecule has 0 spiro atoms. The van der Waals surface area contributed by atoms with E-state index in [4.69, 9.17) is 5.26 Å². The van der Waals surface area contributed by atoms with E-state index >= 15 is 0 Å². The summed E-state index contributed by atoms with van der Waals surface area (Å²) in [6.45, 7) is 0. The van der Waals surface area contributed by atoms with Crippen molar-refractivity contribution in [3.8, 4) is 11.8 Å². The number of hydrogen-bond donors (Lipinski definition) is 1. The summed E-state index contributed by atoms with van der Waals surface area (Å²) in [6, 6.07) is 9.34. The molecule has 0 aliphatic carbocycles. The third-order valence-electron chi connectivity index (χ3n) is 2.40. The molecule has 2 rings (SSSR count). The van der Waals surface area contributed by atoms with E-state index in [0.29, 0.717) is 0 Å². The summed E-state index contributed by atoms with van der Waals surface area (Å²) in [7, 11) is 1.51. The summed E-state index contributed by atoms with van der Waals surface area (Å²) in [5, 5.41) is 15.7. The molecule has 6 heteroatoms. The van der Waals surface area contributed by atoms with Gasteiger partial charge in [0.2, 0.25) is 0 Å². The summed E-state index contributed by atoms with van der Waals surface area (Å²) < 4.78 is 2.32. The first-order valence-electron chi connectivity index (χ1n) is 5.13. The Balaban J connectivity index is 2.57. The average Bonchev–Trinajstić information content (AvgIpc) is 2.81. The maximum atomic E-state index is 11.6. The predicted molar refractivity (Wildman–Crippen MR) is 69.4 cm³/mol. The topological polar surface area (TPSA) is 70.7 Å². The van der Waals surface area contributed by atoms with Crippen LogP contribution < -0.4 is 5.32 Å². The summed E-state index contributed by atoms with van der Waals surface area (Å²) >= 11 is 3.35. The Morgan fingerprint density at radius 3 is 2.94 bits per heavy atom. The summed E-state index contributed by atoms with van der Waals surface area (Å²) in [6.07, 6.45) is 1.39. The molecule has 90 valence electrons. The first-order valence-corrected chi connectivity index (χ1v) is 5.93. The van der Waals surface area contributed by atoms with Crippen molar-refractivity contribution >= 4 is 21.8 Å². The molecule has 0 radical (unpaired) electrons. The highest BCUT2D eigenvalue weighted by Gasteiger charge is 2.17. The van der Waals surface area contributed by atoms with E-state index in [1.165, 1.54) is 17.9 Å². The highest BCUT2D eigenvalue weighted by atomic mass is 79.9. The number of aromatic nitrogens is 2. The van der Waals surface area contributed by atoms with E-state index < -0.39 is 0 Å². The van der Waals surface area contributed by atoms with Crippen molar-refractivity contribution in [3.63, 3.8) is 0 Å². The second-order valence-electron chi connectivity index (χ2n) is 3.49. The lowest BCUT2D eigenvalue weighted by Gasteiger charge is -2.03. The number of carbonyl (C=O) groups is 1. The molecule has 0 aliphatic heterocycles. The van der Waals surface area contributed by atoms with Gasteiger partial charge < -0.3 is 5.32 Å². The maximum absolute atomic E-state index is 11.6. The number of carbonyl (C=O) groups excluding carboxylic acids is 1. The monoisotopic (exact) mass is 304 g/mol. The van der Waals surface area contributed by atoms with Gasteiger partial charge in [0.25, 0.3) is 5.91 Å². The minimum atomic E-state index is -0.326. The molecular weight excluding hydrogens is 296 g/mol. The fourth-order valence-electron chi connectivity index (χ4n) is 1.56. The first kappa shape index (κ1) is 12.3. The van der Waals surface area contributed by atoms with Crippen molar-refractivity contribution in [2.24, 2.45) is 0 Å². The molecule has 0 bridgehead atoms. The Hall–Kier alpha value is -2.13. The molecule has 1 N–H and O–H groups in total. The van der Waals surface area contributed by atoms with E-state index in [-0.39, 0.29) is 17.2 Å². The third-order valence-corrected chi connectivity index (χ3v) is 2.89. The Bertz CT molecular complexity index is 642. The van der Waals surface area contributed by atoms with E-state index in [1.54, 1.807) is 0 Å². The summed E-state index contributed by atoms with van der Waals surface area (Å²) in [5.74, 6) is -0.326. The van der Waals surface area contributed by atoms with Crippen LogP contribution in [-0.4, -0.2) is 22.7 Å². The number of nitrogens with one attached hydrogen (secondary N) is 1. The lowest BCUT2D eigenvalue weighted by atomic mass is 10.2. The lowest BCUT2D eigenvalue weighted by Crippen LogP contribution is -2.18. The highest BCUT2D eigenvalue weighted by molar-refractivity contribution is 9.10. The van der Waals surface area contributed by atoms with Crippen LogP contribution in [0.4, 0.5) is 0 Å². The zero-order valence-electron chi connectivity index (χ0n) is 9.51. The van der Waals surface area contributed by atoms with E-state index in [2.05, 4.69) is 26.3 Å². The molecule has 5 nitrogen and oxygen atoms in total. The van der Waals surface area contributed by atoms with Gasteiger partial charge in [0, 0.05) is 11.5 Å². The Morgan fingerprint density at radius 2 is 2.33 bits per heavy atom. The second kappa shape index (κ2) is 5.02. The van der Waals surface area contributed by atoms with Crippen LogP contribution in [0.25, 0.3) is 5.69 Å². The molecule has 2 aromatic rings. The van der Waals surface area contributed by atoms with Crippen molar-refractivity contribution in [1.29, 1.82) is 5.26 Å². The van der Waals surface area contributed by atoms with Gasteiger partial charge in [0.05, 0.1) is 17.4 Å². The van der Waals surface area contributed by atoms with E-state index in [0.717, 1.165) is 10.2 Å². The van der Waals surface area contributed by atoms with Gasteiger partial charge in [0.1, 0.15) is 6.07 Å². The normalized spacial score (nSPS) is 9.83. The molecular formula is C12H9BrN4O. The number of halogens is 1. The number of nitriles is 1. The minimum absolute atomic E-state index is 0.215. The molecule has 0 aliphatic rings. The Kier molecular flexibility index (Phi) is 3.44. The minimum Gasteiger partial charge on any atom is -0.355 e. The maximum Gasteiger partial charge on any atom is 0.255 e. The average molecular weight is 305 g/mol. The smallest absolute Gasteiger partial charge is 0.255 e. The van der Waals surface area contributed by atoms with Crippen LogP contribution in [-0.2, 0) is 0 Å². The van der Waals surface area contributed by atoms with Crippen molar-refractivity contribution in [2.75, 3.05) is 7.05 Å². The standard InChI is InChI=1S/C12H9BrN4O/c1-15-12(18)10-7-16-17(11(10)6-14)9-4-2-3-8(13)5-9/h2-5,7H,1H3,(H,15,18). The van der Waals surface area contributed by atoms with Gasteiger partial charge in [0.15, 0.2) is 5.69 Å². The van der Waals surface area contributed by atoms with Crippen molar-refractivity contribution in [3.05, 3.63) is 46.2 Å². The summed E-state index contributed by atoms with van der Waals surface area (Å²) in [4.78, 5) is 11.6. The van der Waals surface area contributed by atoms with Crippen molar-refractivity contribution in [1.82, 2.24) is 15.1 Å². The molecule has 1 amide bonds. The van der Waals surface area contributed by atoms with Crippen molar-refractivity contribution < 1.29 is 4.79 Å². The molecule has 0 saturated heterocycles. The SMILES string of the molecule is CNC(=O)c1cnn(-c2cccc(Br)c2)c1C#N. The molecule has 0 fully saturated rings. The molecule has 1 heterocycles. The van der Waals surface area contributed by atoms with Crippen LogP contribution >= 0.6 is 15.9 Å². The van der Waals surface area contributed by atoms with Crippen LogP contribution in [0, 0.1) is 11.3 Å². The second-order valence-corrected chi connectivity index (χ2v) is 4.41. The largest absolute Gasteiger partial charge is 0.355 e. The molecule has 1 aromatic carbocycles. The fourth-order valence-corrected chi connectivity index (χ4v) is 1.95. The van der Waals surface area contributed by atoms with Crippen molar-refractivity contribution in [2.45, 2.75) is 0 Å². The van der Waals surface area contributed by atoms with Crippen LogP contribution in [0.3, 0.4) is 0 Å². The zero-order chi connectivity index (χ0) is 13.1. The number of rotatable bonds is 2. The Labute approximate surface area is 112 Å². The Morgan fingerprint density at radius 1 is 1.56 bits per heavy atom. The molecule has 0 atom stereocenters. The molecule has 1 aromatic heterocycles. The first-order chi connectivity index (χ1) is 8.67. The number of amides is 1. The quantitative estimate of drug-likeness (QED) is 0.920. The lowest BCUT2D eigenvalue weighted by molar-refractivity contribution is 0.0963. The molecule has 0 unspecified atom stereocenters. The number of nitrogens with zero attached hydrogens (tertiary/aromatic N) is 3. The van der Waals surface area contributed by atoms with Crippen LogP contribution in [0.5, 0.6) is 0 Å². The zero-order valence-corrected chi connectivity index (χ0v) is 11.1. The third kappa shape index (κ3) is 2.13. The van der Waals surface area contributed by atoms with Gasteiger partial charge in [-0.05, 0) is 18.2 Å². The van der Waals surface area contributed by atoms with Gasteiger partial charge in [-0.2, -0.15) is 10.4 Å². The predicted octanol–water partition coefficient (Wildman–Crippen LogP) is 1.87. The van der Waals surface area contributed by atoms with E-state index in [9.17, 15) is 4.79 Å². The van der Waals surface area contributed by atoms with Gasteiger partial charge in [-0.15, -0.1) is 0 Å². The fraction of sp³-hybridized carbons (Fsp3) is 0.0833. The molecule has 0 saturated carbocycles. The summed E-state index contributed by atoms with van der Waals surface area (Å²) in [5.41, 5.74) is 1.20. The highest BCUT2D eigenvalue weighted by Crippen LogP contribution is 2.18. The van der Waals surface area contributed by atoms with E-state index in [1.807, 2.05) is 30.3 Å². The van der Waals surface area contributed by atoms with Gasteiger partial charge in [-0.25, -0.2) is 4.68 Å². The molecule has 18 heavy (non-hydrogen) atoms. The van der Waals surface area contributed by atoms with Gasteiger partial charge >= 0.3 is 0 Å².